The van der Waals surface area contributed by atoms with E-state index >= 15 is 0 Å². The Bertz CT molecular complexity index is 959. The molecule has 0 fully saturated rings. The lowest BCUT2D eigenvalue weighted by Crippen LogP contribution is -2.02. The van der Waals surface area contributed by atoms with E-state index in [-0.39, 0.29) is 0 Å². The molecule has 4 aromatic heterocycles. The van der Waals surface area contributed by atoms with Crippen LogP contribution < -0.4 is 5.32 Å². The number of imidazole rings is 1. The van der Waals surface area contributed by atoms with Crippen molar-refractivity contribution in [3.05, 3.63) is 60.3 Å². The fraction of sp³-hybridized carbons (Fsp3) is 0.125. The standard InChI is InChI=1S/C16H14N6/c1-11-3-2-4-15-20-12(10-22(11)15)9-19-14-6-5-13-16(21-14)18-8-7-17-13/h2-8,10H,9H2,1H3,(H,18,19,21). The van der Waals surface area contributed by atoms with Crippen LogP contribution in [0.25, 0.3) is 16.8 Å². The van der Waals surface area contributed by atoms with Crippen LogP contribution in [0.2, 0.25) is 0 Å². The molecular formula is C16H14N6. The number of rotatable bonds is 3. The second kappa shape index (κ2) is 5.07. The van der Waals surface area contributed by atoms with Crippen molar-refractivity contribution in [2.24, 2.45) is 0 Å². The number of pyridine rings is 2. The number of aryl methyl sites for hydroxylation is 1. The van der Waals surface area contributed by atoms with Crippen LogP contribution in [-0.2, 0) is 6.54 Å². The van der Waals surface area contributed by atoms with E-state index < -0.39 is 0 Å². The van der Waals surface area contributed by atoms with Gasteiger partial charge in [0.1, 0.15) is 17.0 Å². The Hall–Kier alpha value is -3.02. The van der Waals surface area contributed by atoms with Gasteiger partial charge in [0.15, 0.2) is 5.65 Å². The van der Waals surface area contributed by atoms with E-state index in [1.54, 1.807) is 12.4 Å². The zero-order chi connectivity index (χ0) is 14.9. The summed E-state index contributed by atoms with van der Waals surface area (Å²) in [6, 6.07) is 9.89. The summed E-state index contributed by atoms with van der Waals surface area (Å²) in [6.07, 6.45) is 5.35. The van der Waals surface area contributed by atoms with E-state index in [0.29, 0.717) is 12.2 Å². The molecule has 6 heteroatoms. The normalized spacial score (nSPS) is 11.1. The van der Waals surface area contributed by atoms with Crippen LogP contribution in [0.4, 0.5) is 5.82 Å². The summed E-state index contributed by atoms with van der Waals surface area (Å²) in [4.78, 5) is 17.5. The lowest BCUT2D eigenvalue weighted by Gasteiger charge is -2.03. The summed E-state index contributed by atoms with van der Waals surface area (Å²) in [5, 5.41) is 3.28. The smallest absolute Gasteiger partial charge is 0.180 e. The van der Waals surface area contributed by atoms with Crippen LogP contribution in [0.3, 0.4) is 0 Å². The maximum atomic E-state index is 4.60. The molecule has 0 spiro atoms. The highest BCUT2D eigenvalue weighted by Gasteiger charge is 2.04. The Morgan fingerprint density at radius 1 is 1.05 bits per heavy atom. The van der Waals surface area contributed by atoms with Gasteiger partial charge in [-0.3, -0.25) is 4.98 Å². The van der Waals surface area contributed by atoms with E-state index in [9.17, 15) is 0 Å². The van der Waals surface area contributed by atoms with Gasteiger partial charge < -0.3 is 9.72 Å². The van der Waals surface area contributed by atoms with Gasteiger partial charge >= 0.3 is 0 Å². The third-order valence-electron chi connectivity index (χ3n) is 3.53. The SMILES string of the molecule is Cc1cccc2nc(CNc3ccc4nccnc4n3)cn12. The number of fused-ring (bicyclic) bond motifs is 2. The van der Waals surface area contributed by atoms with Gasteiger partial charge in [-0.1, -0.05) is 6.07 Å². The lowest BCUT2D eigenvalue weighted by atomic mass is 10.4. The first kappa shape index (κ1) is 12.7. The fourth-order valence-corrected chi connectivity index (χ4v) is 2.42. The fourth-order valence-electron chi connectivity index (χ4n) is 2.42. The molecule has 0 aliphatic rings. The van der Waals surface area contributed by atoms with E-state index in [4.69, 9.17) is 0 Å². The molecule has 0 bridgehead atoms. The van der Waals surface area contributed by atoms with Gasteiger partial charge in [0.05, 0.1) is 12.2 Å². The molecule has 4 rings (SSSR count). The highest BCUT2D eigenvalue weighted by atomic mass is 15.1. The molecule has 0 aromatic carbocycles. The van der Waals surface area contributed by atoms with Crippen molar-refractivity contribution < 1.29 is 0 Å². The summed E-state index contributed by atoms with van der Waals surface area (Å²) in [6.45, 7) is 2.68. The predicted molar refractivity (Wildman–Crippen MR) is 84.6 cm³/mol. The van der Waals surface area contributed by atoms with E-state index in [1.165, 1.54) is 0 Å². The van der Waals surface area contributed by atoms with Gasteiger partial charge in [0.2, 0.25) is 0 Å². The first-order valence-electron chi connectivity index (χ1n) is 7.05. The van der Waals surface area contributed by atoms with Crippen LogP contribution in [0, 0.1) is 6.92 Å². The van der Waals surface area contributed by atoms with Gasteiger partial charge in [-0.2, -0.15) is 0 Å². The van der Waals surface area contributed by atoms with Crippen molar-refractivity contribution in [3.63, 3.8) is 0 Å². The van der Waals surface area contributed by atoms with Crippen molar-refractivity contribution >= 4 is 22.6 Å². The Kier molecular flexibility index (Phi) is 2.93. The molecule has 6 nitrogen and oxygen atoms in total. The number of hydrogen-bond acceptors (Lipinski definition) is 5. The van der Waals surface area contributed by atoms with Crippen molar-refractivity contribution in [1.82, 2.24) is 24.3 Å². The van der Waals surface area contributed by atoms with E-state index in [0.717, 1.165) is 28.4 Å². The third kappa shape index (κ3) is 2.24. The van der Waals surface area contributed by atoms with Crippen LogP contribution in [-0.4, -0.2) is 24.3 Å². The van der Waals surface area contributed by atoms with Gasteiger partial charge in [-0.25, -0.2) is 15.0 Å². The van der Waals surface area contributed by atoms with E-state index in [1.807, 2.05) is 30.5 Å². The van der Waals surface area contributed by atoms with Crippen molar-refractivity contribution in [2.45, 2.75) is 13.5 Å². The molecule has 0 unspecified atom stereocenters. The number of anilines is 1. The molecule has 4 aromatic rings. The second-order valence-electron chi connectivity index (χ2n) is 5.08. The number of nitrogens with zero attached hydrogens (tertiary/aromatic N) is 5. The summed E-state index contributed by atoms with van der Waals surface area (Å²) in [7, 11) is 0. The van der Waals surface area contributed by atoms with Crippen molar-refractivity contribution in [3.8, 4) is 0 Å². The van der Waals surface area contributed by atoms with Gasteiger partial charge in [0.25, 0.3) is 0 Å². The Morgan fingerprint density at radius 2 is 1.95 bits per heavy atom. The van der Waals surface area contributed by atoms with Crippen LogP contribution in [0.15, 0.2) is 48.9 Å². The number of nitrogens with one attached hydrogen (secondary N) is 1. The largest absolute Gasteiger partial charge is 0.364 e. The van der Waals surface area contributed by atoms with Gasteiger partial charge in [-0.05, 0) is 31.2 Å². The molecule has 22 heavy (non-hydrogen) atoms. The highest BCUT2D eigenvalue weighted by Crippen LogP contribution is 2.13. The molecule has 0 radical (unpaired) electrons. The average molecular weight is 290 g/mol. The minimum atomic E-state index is 0.611. The third-order valence-corrected chi connectivity index (χ3v) is 3.53. The minimum absolute atomic E-state index is 0.611. The predicted octanol–water partition coefficient (Wildman–Crippen LogP) is 2.59. The topological polar surface area (TPSA) is 68.0 Å². The first-order valence-corrected chi connectivity index (χ1v) is 7.05. The monoisotopic (exact) mass is 290 g/mol. The van der Waals surface area contributed by atoms with E-state index in [2.05, 4.69) is 42.6 Å². The molecule has 0 saturated heterocycles. The molecule has 4 heterocycles. The van der Waals surface area contributed by atoms with Crippen LogP contribution in [0.5, 0.6) is 0 Å². The summed E-state index contributed by atoms with van der Waals surface area (Å²) >= 11 is 0. The average Bonchev–Trinajstić information content (AvgIpc) is 2.97. The molecule has 0 atom stereocenters. The summed E-state index contributed by atoms with van der Waals surface area (Å²) in [5.41, 5.74) is 4.51. The first-order chi connectivity index (χ1) is 10.8. The molecule has 0 amide bonds. The zero-order valence-corrected chi connectivity index (χ0v) is 12.1. The van der Waals surface area contributed by atoms with Crippen molar-refractivity contribution in [2.75, 3.05) is 5.32 Å². The van der Waals surface area contributed by atoms with Gasteiger partial charge in [-0.15, -0.1) is 0 Å². The quantitative estimate of drug-likeness (QED) is 0.628. The maximum absolute atomic E-state index is 4.60. The lowest BCUT2D eigenvalue weighted by molar-refractivity contribution is 1.05. The Balaban J connectivity index is 1.58. The van der Waals surface area contributed by atoms with Crippen molar-refractivity contribution in [1.29, 1.82) is 0 Å². The molecule has 0 aliphatic heterocycles. The number of aromatic nitrogens is 5. The summed E-state index contributed by atoms with van der Waals surface area (Å²) in [5.74, 6) is 0.766. The molecular weight excluding hydrogens is 276 g/mol. The van der Waals surface area contributed by atoms with Crippen LogP contribution >= 0.6 is 0 Å². The van der Waals surface area contributed by atoms with Crippen LogP contribution in [0.1, 0.15) is 11.4 Å². The Labute approximate surface area is 126 Å². The Morgan fingerprint density at radius 3 is 2.86 bits per heavy atom. The maximum Gasteiger partial charge on any atom is 0.180 e. The second-order valence-corrected chi connectivity index (χ2v) is 5.08. The number of hydrogen-bond donors (Lipinski definition) is 1. The molecule has 0 aliphatic carbocycles. The van der Waals surface area contributed by atoms with Gasteiger partial charge in [0, 0.05) is 24.3 Å². The molecule has 1 N–H and O–H groups in total. The minimum Gasteiger partial charge on any atom is -0.364 e. The molecule has 0 saturated carbocycles. The molecule has 108 valence electrons. The summed E-state index contributed by atoms with van der Waals surface area (Å²) < 4.78 is 2.08. The zero-order valence-electron chi connectivity index (χ0n) is 12.1. The highest BCUT2D eigenvalue weighted by molar-refractivity contribution is 5.71.